The molecule has 0 aliphatic rings. The monoisotopic (exact) mass is 378 g/mol. The summed E-state index contributed by atoms with van der Waals surface area (Å²) in [5.41, 5.74) is 1.34. The molecule has 0 amide bonds. The van der Waals surface area contributed by atoms with Crippen LogP contribution >= 0.6 is 11.3 Å². The number of aryl methyl sites for hydroxylation is 1. The van der Waals surface area contributed by atoms with Gasteiger partial charge in [-0.1, -0.05) is 48.6 Å². The van der Waals surface area contributed by atoms with Crippen LogP contribution in [-0.4, -0.2) is 14.6 Å². The van der Waals surface area contributed by atoms with Crippen LogP contribution in [0.1, 0.15) is 17.6 Å². The van der Waals surface area contributed by atoms with Gasteiger partial charge in [0.2, 0.25) is 4.96 Å². The van der Waals surface area contributed by atoms with Crippen molar-refractivity contribution in [1.82, 2.24) is 14.6 Å². The Labute approximate surface area is 160 Å². The Balaban J connectivity index is 1.55. The van der Waals surface area contributed by atoms with E-state index in [0.29, 0.717) is 22.9 Å². The van der Waals surface area contributed by atoms with Gasteiger partial charge in [-0.05, 0) is 30.7 Å². The topological polar surface area (TPSA) is 68.5 Å². The molecule has 136 valence electrons. The predicted octanol–water partition coefficient (Wildman–Crippen LogP) is 4.12. The second-order valence-electron chi connectivity index (χ2n) is 5.89. The van der Waals surface area contributed by atoms with Crippen LogP contribution < -0.4 is 15.6 Å². The third-order valence-electron chi connectivity index (χ3n) is 3.96. The minimum Gasteiger partial charge on any atom is -0.455 e. The Morgan fingerprint density at radius 2 is 1.89 bits per heavy atom. The maximum absolute atomic E-state index is 12.3. The summed E-state index contributed by atoms with van der Waals surface area (Å²) < 4.78 is 7.31. The van der Waals surface area contributed by atoms with Crippen molar-refractivity contribution in [2.24, 2.45) is 0 Å². The van der Waals surface area contributed by atoms with Gasteiger partial charge in [0, 0.05) is 6.07 Å². The lowest BCUT2D eigenvalue weighted by Crippen LogP contribution is -2.16. The van der Waals surface area contributed by atoms with Crippen LogP contribution in [0.25, 0.3) is 4.96 Å². The molecular formula is C20H18N4O2S. The van der Waals surface area contributed by atoms with Gasteiger partial charge in [0.15, 0.2) is 5.75 Å². The number of hydrogen-bond acceptors (Lipinski definition) is 6. The molecule has 0 saturated carbocycles. The summed E-state index contributed by atoms with van der Waals surface area (Å²) in [6.45, 7) is 2.43. The molecule has 2 aromatic heterocycles. The van der Waals surface area contributed by atoms with Gasteiger partial charge < -0.3 is 10.1 Å². The SMILES string of the molecule is CCc1nn2c(=O)cc(CNc3ccccc3Oc3ccccc3)nc2s1. The van der Waals surface area contributed by atoms with E-state index in [2.05, 4.69) is 15.4 Å². The molecule has 0 radical (unpaired) electrons. The first-order chi connectivity index (χ1) is 13.2. The Morgan fingerprint density at radius 3 is 2.70 bits per heavy atom. The fourth-order valence-corrected chi connectivity index (χ4v) is 3.49. The van der Waals surface area contributed by atoms with Crippen molar-refractivity contribution in [3.8, 4) is 11.5 Å². The Morgan fingerprint density at radius 1 is 1.11 bits per heavy atom. The number of ether oxygens (including phenoxy) is 1. The zero-order chi connectivity index (χ0) is 18.6. The fraction of sp³-hybridized carbons (Fsp3) is 0.150. The molecule has 0 saturated heterocycles. The maximum Gasteiger partial charge on any atom is 0.275 e. The van der Waals surface area contributed by atoms with Gasteiger partial charge in [0.25, 0.3) is 5.56 Å². The van der Waals surface area contributed by atoms with Gasteiger partial charge in [0.1, 0.15) is 10.8 Å². The number of aromatic nitrogens is 3. The molecule has 6 nitrogen and oxygen atoms in total. The molecule has 27 heavy (non-hydrogen) atoms. The largest absolute Gasteiger partial charge is 0.455 e. The number of hydrogen-bond donors (Lipinski definition) is 1. The van der Waals surface area contributed by atoms with E-state index in [4.69, 9.17) is 4.74 Å². The van der Waals surface area contributed by atoms with Gasteiger partial charge in [0.05, 0.1) is 17.9 Å². The zero-order valence-electron chi connectivity index (χ0n) is 14.8. The molecule has 2 heterocycles. The van der Waals surface area contributed by atoms with E-state index in [9.17, 15) is 4.79 Å². The molecule has 0 bridgehead atoms. The van der Waals surface area contributed by atoms with Crippen molar-refractivity contribution >= 4 is 22.0 Å². The molecule has 7 heteroatoms. The summed E-state index contributed by atoms with van der Waals surface area (Å²) in [6, 6.07) is 18.8. The van der Waals surface area contributed by atoms with Gasteiger partial charge in [-0.25, -0.2) is 4.98 Å². The van der Waals surface area contributed by atoms with Crippen molar-refractivity contribution in [3.05, 3.63) is 81.7 Å². The molecule has 0 unspecified atom stereocenters. The van der Waals surface area contributed by atoms with E-state index in [0.717, 1.165) is 22.9 Å². The summed E-state index contributed by atoms with van der Waals surface area (Å²) in [4.78, 5) is 17.4. The lowest BCUT2D eigenvalue weighted by Gasteiger charge is -2.12. The predicted molar refractivity (Wildman–Crippen MR) is 107 cm³/mol. The first-order valence-corrected chi connectivity index (χ1v) is 9.49. The molecule has 0 fully saturated rings. The van der Waals surface area contributed by atoms with Crippen molar-refractivity contribution in [3.63, 3.8) is 0 Å². The van der Waals surface area contributed by atoms with E-state index in [1.807, 2.05) is 61.5 Å². The highest BCUT2D eigenvalue weighted by molar-refractivity contribution is 7.16. The van der Waals surface area contributed by atoms with E-state index < -0.39 is 0 Å². The molecule has 4 aromatic rings. The number of nitrogens with one attached hydrogen (secondary N) is 1. The maximum atomic E-state index is 12.3. The molecule has 4 rings (SSSR count). The highest BCUT2D eigenvalue weighted by Gasteiger charge is 2.09. The molecular weight excluding hydrogens is 360 g/mol. The smallest absolute Gasteiger partial charge is 0.275 e. The quantitative estimate of drug-likeness (QED) is 0.547. The molecule has 2 aromatic carbocycles. The van der Waals surface area contributed by atoms with E-state index >= 15 is 0 Å². The van der Waals surface area contributed by atoms with Gasteiger partial charge >= 0.3 is 0 Å². The fourth-order valence-electron chi connectivity index (χ4n) is 2.63. The first-order valence-electron chi connectivity index (χ1n) is 8.67. The van der Waals surface area contributed by atoms with Crippen LogP contribution in [0.5, 0.6) is 11.5 Å². The number of nitrogens with zero attached hydrogens (tertiary/aromatic N) is 3. The van der Waals surface area contributed by atoms with Crippen LogP contribution in [0.15, 0.2) is 65.5 Å². The van der Waals surface area contributed by atoms with Crippen molar-refractivity contribution in [1.29, 1.82) is 0 Å². The first kappa shape index (κ1) is 17.2. The molecule has 0 spiro atoms. The summed E-state index contributed by atoms with van der Waals surface area (Å²) in [5.74, 6) is 1.48. The Bertz CT molecular complexity index is 1120. The lowest BCUT2D eigenvalue weighted by molar-refractivity contribution is 0.484. The summed E-state index contributed by atoms with van der Waals surface area (Å²) >= 11 is 1.44. The second kappa shape index (κ2) is 7.59. The van der Waals surface area contributed by atoms with E-state index in [-0.39, 0.29) is 5.56 Å². The van der Waals surface area contributed by atoms with Crippen LogP contribution in [0.4, 0.5) is 5.69 Å². The highest BCUT2D eigenvalue weighted by Crippen LogP contribution is 2.29. The average molecular weight is 378 g/mol. The second-order valence-corrected chi connectivity index (χ2v) is 6.93. The third kappa shape index (κ3) is 3.83. The third-order valence-corrected chi connectivity index (χ3v) is 5.01. The molecule has 0 aliphatic carbocycles. The van der Waals surface area contributed by atoms with Crippen LogP contribution in [0.2, 0.25) is 0 Å². The minimum absolute atomic E-state index is 0.165. The highest BCUT2D eigenvalue weighted by atomic mass is 32.1. The average Bonchev–Trinajstić information content (AvgIpc) is 3.12. The van der Waals surface area contributed by atoms with Crippen molar-refractivity contribution in [2.45, 2.75) is 19.9 Å². The normalized spacial score (nSPS) is 10.9. The Kier molecular flexibility index (Phi) is 4.84. The number of rotatable bonds is 6. The number of fused-ring (bicyclic) bond motifs is 1. The minimum atomic E-state index is -0.165. The summed E-state index contributed by atoms with van der Waals surface area (Å²) in [7, 11) is 0. The lowest BCUT2D eigenvalue weighted by atomic mass is 10.2. The molecule has 1 N–H and O–H groups in total. The van der Waals surface area contributed by atoms with Crippen molar-refractivity contribution < 1.29 is 4.74 Å². The Hall–Kier alpha value is -3.19. The number of benzene rings is 2. The van der Waals surface area contributed by atoms with Gasteiger partial charge in [-0.3, -0.25) is 4.79 Å². The summed E-state index contributed by atoms with van der Waals surface area (Å²) in [6.07, 6.45) is 0.783. The van der Waals surface area contributed by atoms with Crippen LogP contribution in [0, 0.1) is 0 Å². The number of anilines is 1. The standard InChI is InChI=1S/C20H18N4O2S/c1-2-18-23-24-19(25)12-14(22-20(24)27-18)13-21-16-10-6-7-11-17(16)26-15-8-4-3-5-9-15/h3-12,21H,2,13H2,1H3. The molecule has 0 aliphatic heterocycles. The van der Waals surface area contributed by atoms with Gasteiger partial charge in [-0.15, -0.1) is 0 Å². The van der Waals surface area contributed by atoms with Gasteiger partial charge in [-0.2, -0.15) is 9.61 Å². The van der Waals surface area contributed by atoms with Crippen molar-refractivity contribution in [2.75, 3.05) is 5.32 Å². The van der Waals surface area contributed by atoms with Crippen LogP contribution in [-0.2, 0) is 13.0 Å². The van der Waals surface area contributed by atoms with Crippen LogP contribution in [0.3, 0.4) is 0 Å². The number of para-hydroxylation sites is 3. The molecule has 0 atom stereocenters. The van der Waals surface area contributed by atoms with E-state index in [1.165, 1.54) is 21.9 Å². The zero-order valence-corrected chi connectivity index (χ0v) is 15.6. The van der Waals surface area contributed by atoms with E-state index in [1.54, 1.807) is 0 Å². The summed E-state index contributed by atoms with van der Waals surface area (Å²) in [5, 5.41) is 8.48.